The number of benzene rings is 1. The molecule has 4 heteroatoms. The van der Waals surface area contributed by atoms with Gasteiger partial charge in [0.05, 0.1) is 0 Å². The second-order valence-electron chi connectivity index (χ2n) is 3.24. The first-order valence-corrected chi connectivity index (χ1v) is 4.25. The van der Waals surface area contributed by atoms with E-state index in [9.17, 15) is 8.78 Å². The molecule has 0 aliphatic carbocycles. The summed E-state index contributed by atoms with van der Waals surface area (Å²) in [6, 6.07) is 3.96. The van der Waals surface area contributed by atoms with Crippen molar-refractivity contribution in [1.29, 1.82) is 0 Å². The van der Waals surface area contributed by atoms with E-state index in [0.717, 1.165) is 6.07 Å². The van der Waals surface area contributed by atoms with E-state index in [1.165, 1.54) is 19.2 Å². The highest BCUT2D eigenvalue weighted by atomic mass is 19.2. The molecule has 0 amide bonds. The van der Waals surface area contributed by atoms with Gasteiger partial charge in [-0.25, -0.2) is 8.78 Å². The molecule has 0 spiro atoms. The summed E-state index contributed by atoms with van der Waals surface area (Å²) in [5.74, 6) is -1.79. The number of hydrogen-bond donors (Lipinski definition) is 1. The van der Waals surface area contributed by atoms with Crippen molar-refractivity contribution in [2.24, 2.45) is 5.73 Å². The van der Waals surface area contributed by atoms with Crippen LogP contribution < -0.4 is 5.73 Å². The second-order valence-corrected chi connectivity index (χ2v) is 3.24. The van der Waals surface area contributed by atoms with Gasteiger partial charge in [0, 0.05) is 19.2 Å². The molecule has 0 fully saturated rings. The van der Waals surface area contributed by atoms with E-state index in [1.807, 2.05) is 0 Å². The Hall–Kier alpha value is -1.00. The quantitative estimate of drug-likeness (QED) is 0.809. The maximum Gasteiger partial charge on any atom is 0.164 e. The number of hydrogen-bond acceptors (Lipinski definition) is 2. The molecule has 0 aliphatic rings. The van der Waals surface area contributed by atoms with E-state index in [4.69, 9.17) is 10.5 Å². The molecule has 14 heavy (non-hydrogen) atoms. The zero-order chi connectivity index (χ0) is 10.8. The largest absolute Gasteiger partial charge is 0.372 e. The van der Waals surface area contributed by atoms with Crippen LogP contribution in [0, 0.1) is 11.6 Å². The van der Waals surface area contributed by atoms with Crippen LogP contribution in [0.1, 0.15) is 12.5 Å². The third-order valence-electron chi connectivity index (χ3n) is 2.36. The normalized spacial score (nSPS) is 15.2. The molecule has 2 nitrogen and oxygen atoms in total. The lowest BCUT2D eigenvalue weighted by molar-refractivity contribution is 0.00665. The van der Waals surface area contributed by atoms with Crippen LogP contribution >= 0.6 is 0 Å². The van der Waals surface area contributed by atoms with Gasteiger partial charge in [-0.1, -0.05) is 12.1 Å². The monoisotopic (exact) mass is 201 g/mol. The summed E-state index contributed by atoms with van der Waals surface area (Å²) < 4.78 is 31.3. The van der Waals surface area contributed by atoms with Crippen molar-refractivity contribution >= 4 is 0 Å². The Bertz CT molecular complexity index is 324. The van der Waals surface area contributed by atoms with Gasteiger partial charge >= 0.3 is 0 Å². The number of nitrogens with two attached hydrogens (primary N) is 1. The van der Waals surface area contributed by atoms with Crippen LogP contribution in [0.2, 0.25) is 0 Å². The summed E-state index contributed by atoms with van der Waals surface area (Å²) >= 11 is 0. The van der Waals surface area contributed by atoms with Crippen molar-refractivity contribution in [3.63, 3.8) is 0 Å². The Labute approximate surface area is 81.7 Å². The second kappa shape index (κ2) is 4.02. The minimum absolute atomic E-state index is 0.0872. The van der Waals surface area contributed by atoms with Gasteiger partial charge in [0.15, 0.2) is 11.6 Å². The molecule has 1 atom stereocenters. The van der Waals surface area contributed by atoms with Crippen LogP contribution in [-0.4, -0.2) is 13.7 Å². The summed E-state index contributed by atoms with van der Waals surface area (Å²) in [5.41, 5.74) is 4.62. The van der Waals surface area contributed by atoms with E-state index < -0.39 is 17.2 Å². The van der Waals surface area contributed by atoms with Gasteiger partial charge in [-0.3, -0.25) is 0 Å². The third-order valence-corrected chi connectivity index (χ3v) is 2.36. The first kappa shape index (κ1) is 11.1. The zero-order valence-corrected chi connectivity index (χ0v) is 8.18. The smallest absolute Gasteiger partial charge is 0.164 e. The lowest BCUT2D eigenvalue weighted by Crippen LogP contribution is -2.34. The SMILES string of the molecule is COC(C)(CN)c1cccc(F)c1F. The zero-order valence-electron chi connectivity index (χ0n) is 8.18. The summed E-state index contributed by atoms with van der Waals surface area (Å²) in [7, 11) is 1.41. The molecule has 1 unspecified atom stereocenters. The van der Waals surface area contributed by atoms with Crippen molar-refractivity contribution in [1.82, 2.24) is 0 Å². The Morgan fingerprint density at radius 1 is 1.43 bits per heavy atom. The third kappa shape index (κ3) is 1.76. The van der Waals surface area contributed by atoms with Crippen LogP contribution in [0.4, 0.5) is 8.78 Å². The molecule has 1 aromatic carbocycles. The van der Waals surface area contributed by atoms with E-state index in [0.29, 0.717) is 0 Å². The minimum Gasteiger partial charge on any atom is -0.372 e. The first-order valence-electron chi connectivity index (χ1n) is 4.25. The van der Waals surface area contributed by atoms with Gasteiger partial charge in [0.2, 0.25) is 0 Å². The molecule has 0 saturated carbocycles. The van der Waals surface area contributed by atoms with Crippen molar-refractivity contribution < 1.29 is 13.5 Å². The Balaban J connectivity index is 3.24. The van der Waals surface area contributed by atoms with Gasteiger partial charge in [0.1, 0.15) is 5.60 Å². The molecule has 2 N–H and O–H groups in total. The molecule has 0 bridgehead atoms. The van der Waals surface area contributed by atoms with Crippen LogP contribution in [0.3, 0.4) is 0 Å². The number of ether oxygens (including phenoxy) is 1. The van der Waals surface area contributed by atoms with Crippen molar-refractivity contribution in [2.45, 2.75) is 12.5 Å². The molecular formula is C10H13F2NO. The van der Waals surface area contributed by atoms with Crippen LogP contribution in [0.5, 0.6) is 0 Å². The molecule has 0 aliphatic heterocycles. The number of halogens is 2. The molecule has 0 saturated heterocycles. The number of rotatable bonds is 3. The Kier molecular flexibility index (Phi) is 3.18. The fourth-order valence-corrected chi connectivity index (χ4v) is 1.22. The summed E-state index contributed by atoms with van der Waals surface area (Å²) in [4.78, 5) is 0. The maximum absolute atomic E-state index is 13.4. The molecule has 0 radical (unpaired) electrons. The highest BCUT2D eigenvalue weighted by Crippen LogP contribution is 2.26. The summed E-state index contributed by atoms with van der Waals surface area (Å²) in [6.07, 6.45) is 0. The lowest BCUT2D eigenvalue weighted by atomic mass is 9.95. The average Bonchev–Trinajstić information content (AvgIpc) is 2.21. The summed E-state index contributed by atoms with van der Waals surface area (Å²) in [5, 5.41) is 0. The van der Waals surface area contributed by atoms with Crippen LogP contribution in [-0.2, 0) is 10.3 Å². The van der Waals surface area contributed by atoms with Crippen LogP contribution in [0.15, 0.2) is 18.2 Å². The highest BCUT2D eigenvalue weighted by molar-refractivity contribution is 5.25. The Morgan fingerprint density at radius 3 is 2.57 bits per heavy atom. The van der Waals surface area contributed by atoms with Gasteiger partial charge < -0.3 is 10.5 Å². The van der Waals surface area contributed by atoms with E-state index >= 15 is 0 Å². The average molecular weight is 201 g/mol. The molecular weight excluding hydrogens is 188 g/mol. The predicted octanol–water partition coefficient (Wildman–Crippen LogP) is 1.79. The molecule has 78 valence electrons. The maximum atomic E-state index is 13.4. The van der Waals surface area contributed by atoms with E-state index in [2.05, 4.69) is 0 Å². The Morgan fingerprint density at radius 2 is 2.07 bits per heavy atom. The number of methoxy groups -OCH3 is 1. The van der Waals surface area contributed by atoms with Crippen molar-refractivity contribution in [3.8, 4) is 0 Å². The topological polar surface area (TPSA) is 35.2 Å². The van der Waals surface area contributed by atoms with Gasteiger partial charge in [-0.05, 0) is 13.0 Å². The van der Waals surface area contributed by atoms with Gasteiger partial charge in [0.25, 0.3) is 0 Å². The van der Waals surface area contributed by atoms with Crippen molar-refractivity contribution in [2.75, 3.05) is 13.7 Å². The molecule has 1 aromatic rings. The molecule has 1 rings (SSSR count). The van der Waals surface area contributed by atoms with Crippen molar-refractivity contribution in [3.05, 3.63) is 35.4 Å². The van der Waals surface area contributed by atoms with Crippen LogP contribution in [0.25, 0.3) is 0 Å². The molecule has 0 aromatic heterocycles. The first-order chi connectivity index (χ1) is 6.55. The minimum atomic E-state index is -0.980. The van der Waals surface area contributed by atoms with E-state index in [-0.39, 0.29) is 12.1 Å². The fraction of sp³-hybridized carbons (Fsp3) is 0.400. The van der Waals surface area contributed by atoms with Gasteiger partial charge in [-0.15, -0.1) is 0 Å². The predicted molar refractivity (Wildman–Crippen MR) is 49.8 cm³/mol. The lowest BCUT2D eigenvalue weighted by Gasteiger charge is -2.27. The van der Waals surface area contributed by atoms with Gasteiger partial charge in [-0.2, -0.15) is 0 Å². The fourth-order valence-electron chi connectivity index (χ4n) is 1.22. The summed E-state index contributed by atoms with van der Waals surface area (Å²) in [6.45, 7) is 1.70. The highest BCUT2D eigenvalue weighted by Gasteiger charge is 2.28. The van der Waals surface area contributed by atoms with E-state index in [1.54, 1.807) is 6.92 Å². The molecule has 0 heterocycles. The standard InChI is InChI=1S/C10H13F2NO/c1-10(6-13,14-2)7-4-3-5-8(11)9(7)12/h3-5H,6,13H2,1-2H3.